The summed E-state index contributed by atoms with van der Waals surface area (Å²) in [5.74, 6) is 0.0608. The Morgan fingerprint density at radius 2 is 1.71 bits per heavy atom. The van der Waals surface area contributed by atoms with Crippen molar-refractivity contribution in [1.82, 2.24) is 10.2 Å². The molecule has 1 aliphatic carbocycles. The van der Waals surface area contributed by atoms with E-state index in [2.05, 4.69) is 21.2 Å². The lowest BCUT2D eigenvalue weighted by Crippen LogP contribution is -2.53. The zero-order chi connectivity index (χ0) is 27.1. The van der Waals surface area contributed by atoms with Crippen molar-refractivity contribution < 1.29 is 14.3 Å². The molecule has 0 heterocycles. The smallest absolute Gasteiger partial charge is 0.261 e. The fourth-order valence-electron chi connectivity index (χ4n) is 4.71. The van der Waals surface area contributed by atoms with Crippen molar-refractivity contribution in [3.8, 4) is 5.75 Å². The maximum atomic E-state index is 13.8. The van der Waals surface area contributed by atoms with Gasteiger partial charge in [-0.2, -0.15) is 0 Å². The molecule has 1 aliphatic rings. The number of carbonyl (C=O) groups is 2. The Hall–Kier alpha value is -2.54. The minimum absolute atomic E-state index is 0.0790. The average molecular weight is 618 g/mol. The first-order chi connectivity index (χ1) is 18.3. The van der Waals surface area contributed by atoms with Gasteiger partial charge in [0.2, 0.25) is 5.91 Å². The molecule has 0 aliphatic heterocycles. The largest absolute Gasteiger partial charge is 0.484 e. The minimum atomic E-state index is -0.770. The lowest BCUT2D eigenvalue weighted by Gasteiger charge is -2.32. The molecule has 1 saturated carbocycles. The third-order valence-electron chi connectivity index (χ3n) is 6.85. The van der Waals surface area contributed by atoms with Crippen LogP contribution in [0.4, 0.5) is 0 Å². The second-order valence-electron chi connectivity index (χ2n) is 9.62. The number of aryl methyl sites for hydroxylation is 1. The Balaban J connectivity index is 1.65. The highest BCUT2D eigenvalue weighted by Crippen LogP contribution is 2.28. The van der Waals surface area contributed by atoms with E-state index >= 15 is 0 Å². The fraction of sp³-hybridized carbons (Fsp3) is 0.333. The molecule has 0 aromatic heterocycles. The molecule has 3 aromatic carbocycles. The van der Waals surface area contributed by atoms with Crippen LogP contribution in [-0.2, 0) is 22.6 Å². The maximum Gasteiger partial charge on any atom is 0.261 e. The molecule has 1 atom stereocenters. The van der Waals surface area contributed by atoms with Gasteiger partial charge in [0.1, 0.15) is 11.8 Å². The molecule has 1 N–H and O–H groups in total. The molecule has 2 amide bonds. The summed E-state index contributed by atoms with van der Waals surface area (Å²) in [6, 6.07) is 19.8. The summed E-state index contributed by atoms with van der Waals surface area (Å²) in [5, 5.41) is 4.07. The molecule has 8 heteroatoms. The maximum absolute atomic E-state index is 13.8. The van der Waals surface area contributed by atoms with Gasteiger partial charge in [0.15, 0.2) is 6.61 Å². The van der Waals surface area contributed by atoms with E-state index in [9.17, 15) is 9.59 Å². The quantitative estimate of drug-likeness (QED) is 0.263. The zero-order valence-corrected chi connectivity index (χ0v) is 24.4. The highest BCUT2D eigenvalue weighted by Gasteiger charge is 2.33. The number of nitrogens with one attached hydrogen (secondary N) is 1. The minimum Gasteiger partial charge on any atom is -0.484 e. The Bertz CT molecular complexity index is 1250. The number of ether oxygens (including phenoxy) is 1. The van der Waals surface area contributed by atoms with Crippen molar-refractivity contribution >= 4 is 50.9 Å². The van der Waals surface area contributed by atoms with Crippen molar-refractivity contribution in [2.45, 2.75) is 57.7 Å². The third-order valence-corrected chi connectivity index (χ3v) is 8.45. The summed E-state index contributed by atoms with van der Waals surface area (Å²) < 4.78 is 6.84. The van der Waals surface area contributed by atoms with Gasteiger partial charge in [0, 0.05) is 39.1 Å². The Labute approximate surface area is 242 Å². The SMILES string of the molecule is Cc1cc(OCC(=O)N(Cc2c(Cl)cccc2Cl)[C@H](Cc2ccccc2)C(=O)NC2CCCC2)ccc1Br. The van der Waals surface area contributed by atoms with Gasteiger partial charge in [-0.05, 0) is 61.2 Å². The first-order valence-electron chi connectivity index (χ1n) is 12.8. The molecule has 0 bridgehead atoms. The van der Waals surface area contributed by atoms with Gasteiger partial charge in [0.05, 0.1) is 0 Å². The number of hydrogen-bond donors (Lipinski definition) is 1. The van der Waals surface area contributed by atoms with Crippen LogP contribution in [0, 0.1) is 6.92 Å². The molecule has 1 fully saturated rings. The van der Waals surface area contributed by atoms with E-state index < -0.39 is 6.04 Å². The predicted octanol–water partition coefficient (Wildman–Crippen LogP) is 7.14. The average Bonchev–Trinajstić information content (AvgIpc) is 3.41. The van der Waals surface area contributed by atoms with Crippen LogP contribution in [0.1, 0.15) is 42.4 Å². The van der Waals surface area contributed by atoms with Crippen LogP contribution in [0.2, 0.25) is 10.0 Å². The Morgan fingerprint density at radius 1 is 1.03 bits per heavy atom. The summed E-state index contributed by atoms with van der Waals surface area (Å²) >= 11 is 16.5. The summed E-state index contributed by atoms with van der Waals surface area (Å²) in [6.07, 6.45) is 4.42. The molecule has 5 nitrogen and oxygen atoms in total. The summed E-state index contributed by atoms with van der Waals surface area (Å²) in [4.78, 5) is 29.1. The highest BCUT2D eigenvalue weighted by molar-refractivity contribution is 9.10. The van der Waals surface area contributed by atoms with Crippen LogP contribution in [-0.4, -0.2) is 35.4 Å². The molecule has 3 aromatic rings. The van der Waals surface area contributed by atoms with Gasteiger partial charge in [-0.25, -0.2) is 0 Å². The standard InChI is InChI=1S/C30H31BrCl2N2O3/c1-20-16-23(14-15-25(20)31)38-19-29(36)35(18-24-26(32)12-7-13-27(24)33)28(17-21-8-3-2-4-9-21)30(37)34-22-10-5-6-11-22/h2-4,7-9,12-16,22,28H,5-6,10-11,17-19H2,1H3,(H,34,37)/t28-/m1/s1. The van der Waals surface area contributed by atoms with Gasteiger partial charge in [-0.15, -0.1) is 0 Å². The van der Waals surface area contributed by atoms with Crippen LogP contribution < -0.4 is 10.1 Å². The van der Waals surface area contributed by atoms with Gasteiger partial charge < -0.3 is 15.0 Å². The first-order valence-corrected chi connectivity index (χ1v) is 14.3. The van der Waals surface area contributed by atoms with Crippen LogP contribution >= 0.6 is 39.1 Å². The second-order valence-corrected chi connectivity index (χ2v) is 11.3. The van der Waals surface area contributed by atoms with Gasteiger partial charge in [0.25, 0.3) is 5.91 Å². The van der Waals surface area contributed by atoms with Crippen molar-refractivity contribution in [2.75, 3.05) is 6.61 Å². The van der Waals surface area contributed by atoms with Crippen molar-refractivity contribution in [3.05, 3.63) is 97.9 Å². The number of hydrogen-bond acceptors (Lipinski definition) is 3. The highest BCUT2D eigenvalue weighted by atomic mass is 79.9. The lowest BCUT2D eigenvalue weighted by molar-refractivity contribution is -0.143. The predicted molar refractivity (Wildman–Crippen MR) is 156 cm³/mol. The van der Waals surface area contributed by atoms with E-state index in [1.807, 2.05) is 49.4 Å². The van der Waals surface area contributed by atoms with Crippen molar-refractivity contribution in [2.24, 2.45) is 0 Å². The molecular formula is C30H31BrCl2N2O3. The van der Waals surface area contributed by atoms with E-state index in [4.69, 9.17) is 27.9 Å². The van der Waals surface area contributed by atoms with Crippen molar-refractivity contribution in [3.63, 3.8) is 0 Å². The topological polar surface area (TPSA) is 58.6 Å². The Morgan fingerprint density at radius 3 is 2.37 bits per heavy atom. The fourth-order valence-corrected chi connectivity index (χ4v) is 5.47. The van der Waals surface area contributed by atoms with Crippen LogP contribution in [0.5, 0.6) is 5.75 Å². The number of nitrogens with zero attached hydrogens (tertiary/aromatic N) is 1. The normalized spacial score (nSPS) is 14.2. The number of amides is 2. The van der Waals surface area contributed by atoms with Crippen LogP contribution in [0.3, 0.4) is 0 Å². The number of benzene rings is 3. The molecule has 200 valence electrons. The van der Waals surface area contributed by atoms with E-state index in [0.717, 1.165) is 41.3 Å². The molecular weight excluding hydrogens is 587 g/mol. The van der Waals surface area contributed by atoms with E-state index in [-0.39, 0.29) is 31.0 Å². The molecule has 0 unspecified atom stereocenters. The molecule has 38 heavy (non-hydrogen) atoms. The number of halogens is 3. The monoisotopic (exact) mass is 616 g/mol. The van der Waals surface area contributed by atoms with Crippen molar-refractivity contribution in [1.29, 1.82) is 0 Å². The summed E-state index contributed by atoms with van der Waals surface area (Å²) in [7, 11) is 0. The van der Waals surface area contributed by atoms with Crippen LogP contribution in [0.15, 0.2) is 71.2 Å². The first kappa shape index (κ1) is 28.5. The van der Waals surface area contributed by atoms with E-state index in [0.29, 0.717) is 27.8 Å². The lowest BCUT2D eigenvalue weighted by atomic mass is 10.0. The van der Waals surface area contributed by atoms with Crippen LogP contribution in [0.25, 0.3) is 0 Å². The summed E-state index contributed by atoms with van der Waals surface area (Å²) in [5.41, 5.74) is 2.54. The van der Waals surface area contributed by atoms with Gasteiger partial charge in [-0.1, -0.05) is 88.4 Å². The second kappa shape index (κ2) is 13.5. The molecule has 0 saturated heterocycles. The molecule has 4 rings (SSSR count). The number of carbonyl (C=O) groups excluding carboxylic acids is 2. The molecule has 0 radical (unpaired) electrons. The van der Waals surface area contributed by atoms with Gasteiger partial charge >= 0.3 is 0 Å². The van der Waals surface area contributed by atoms with Gasteiger partial charge in [-0.3, -0.25) is 9.59 Å². The molecule has 0 spiro atoms. The third kappa shape index (κ3) is 7.52. The Kier molecular flexibility index (Phi) is 10.1. The van der Waals surface area contributed by atoms with E-state index in [1.54, 1.807) is 29.2 Å². The van der Waals surface area contributed by atoms with E-state index in [1.165, 1.54) is 0 Å². The summed E-state index contributed by atoms with van der Waals surface area (Å²) in [6.45, 7) is 1.80. The number of rotatable bonds is 10. The zero-order valence-electron chi connectivity index (χ0n) is 21.3.